The normalized spacial score (nSPS) is 15.0. The number of carbonyl (C=O) groups is 1. The van der Waals surface area contributed by atoms with Crippen LogP contribution in [0, 0.1) is 5.82 Å². The Morgan fingerprint density at radius 3 is 2.57 bits per heavy atom. The van der Waals surface area contributed by atoms with Gasteiger partial charge in [-0.15, -0.1) is 5.10 Å². The number of nitrogens with zero attached hydrogens (tertiary/aromatic N) is 6. The summed E-state index contributed by atoms with van der Waals surface area (Å²) in [4.78, 5) is 16.9. The van der Waals surface area contributed by atoms with Gasteiger partial charge in [0.2, 0.25) is 0 Å². The van der Waals surface area contributed by atoms with Crippen molar-refractivity contribution >= 4 is 5.91 Å². The van der Waals surface area contributed by atoms with E-state index in [0.29, 0.717) is 49.7 Å². The molecule has 1 aliphatic heterocycles. The van der Waals surface area contributed by atoms with Crippen molar-refractivity contribution in [2.75, 3.05) is 26.2 Å². The Labute approximate surface area is 162 Å². The molecule has 7 nitrogen and oxygen atoms in total. The topological polar surface area (TPSA) is 67.2 Å². The lowest BCUT2D eigenvalue weighted by molar-refractivity contribution is 0.0627. The van der Waals surface area contributed by atoms with Crippen LogP contribution in [0.3, 0.4) is 0 Å². The molecule has 1 aromatic heterocycles. The predicted octanol–water partition coefficient (Wildman–Crippen LogP) is 1.97. The van der Waals surface area contributed by atoms with Gasteiger partial charge in [0, 0.05) is 56.5 Å². The van der Waals surface area contributed by atoms with E-state index >= 15 is 0 Å². The zero-order chi connectivity index (χ0) is 19.5. The monoisotopic (exact) mass is 380 g/mol. The van der Waals surface area contributed by atoms with Crippen LogP contribution in [0.4, 0.5) is 4.39 Å². The number of rotatable bonds is 4. The fourth-order valence-corrected chi connectivity index (χ4v) is 3.42. The van der Waals surface area contributed by atoms with Gasteiger partial charge in [0.15, 0.2) is 5.82 Å². The maximum absolute atomic E-state index is 13.8. The quantitative estimate of drug-likeness (QED) is 0.692. The number of halogens is 1. The number of aryl methyl sites for hydroxylation is 1. The van der Waals surface area contributed by atoms with Crippen molar-refractivity contribution in [2.45, 2.75) is 6.54 Å². The summed E-state index contributed by atoms with van der Waals surface area (Å²) < 4.78 is 15.4. The molecule has 8 heteroatoms. The molecule has 0 N–H and O–H groups in total. The minimum absolute atomic E-state index is 0.0116. The molecule has 2 heterocycles. The summed E-state index contributed by atoms with van der Waals surface area (Å²) in [6.45, 7) is 3.22. The van der Waals surface area contributed by atoms with E-state index in [1.165, 1.54) is 6.07 Å². The van der Waals surface area contributed by atoms with Crippen LogP contribution in [-0.4, -0.2) is 62.1 Å². The third kappa shape index (κ3) is 3.77. The van der Waals surface area contributed by atoms with Gasteiger partial charge < -0.3 is 4.90 Å². The van der Waals surface area contributed by atoms with Crippen LogP contribution in [0.1, 0.15) is 15.9 Å². The number of piperazine rings is 1. The molecule has 4 rings (SSSR count). The zero-order valence-corrected chi connectivity index (χ0v) is 15.6. The molecule has 0 unspecified atom stereocenters. The van der Waals surface area contributed by atoms with Gasteiger partial charge in [-0.25, -0.2) is 9.07 Å². The van der Waals surface area contributed by atoms with Crippen LogP contribution in [0.2, 0.25) is 0 Å². The van der Waals surface area contributed by atoms with Crippen LogP contribution in [0.15, 0.2) is 48.5 Å². The first-order valence-corrected chi connectivity index (χ1v) is 9.19. The predicted molar refractivity (Wildman–Crippen MR) is 102 cm³/mol. The van der Waals surface area contributed by atoms with Crippen LogP contribution in [0.25, 0.3) is 11.4 Å². The molecule has 1 aliphatic rings. The Bertz CT molecular complexity index is 980. The van der Waals surface area contributed by atoms with Crippen LogP contribution in [0.5, 0.6) is 0 Å². The molecule has 0 spiro atoms. The van der Waals surface area contributed by atoms with Crippen molar-refractivity contribution in [3.63, 3.8) is 0 Å². The van der Waals surface area contributed by atoms with Gasteiger partial charge in [-0.2, -0.15) is 0 Å². The average molecular weight is 380 g/mol. The Hall–Kier alpha value is -3.13. The third-order valence-corrected chi connectivity index (χ3v) is 5.00. The van der Waals surface area contributed by atoms with E-state index in [-0.39, 0.29) is 11.7 Å². The molecule has 0 saturated carbocycles. The third-order valence-electron chi connectivity index (χ3n) is 5.00. The number of aromatic nitrogens is 4. The highest BCUT2D eigenvalue weighted by Gasteiger charge is 2.23. The second-order valence-corrected chi connectivity index (χ2v) is 6.87. The molecular weight excluding hydrogens is 359 g/mol. The van der Waals surface area contributed by atoms with Crippen LogP contribution < -0.4 is 0 Å². The molecule has 28 heavy (non-hydrogen) atoms. The molecule has 1 amide bonds. The zero-order valence-electron chi connectivity index (χ0n) is 15.6. The maximum Gasteiger partial charge on any atom is 0.253 e. The summed E-state index contributed by atoms with van der Waals surface area (Å²) in [5, 5.41) is 11.5. The molecule has 3 aromatic rings. The summed E-state index contributed by atoms with van der Waals surface area (Å²) in [6.07, 6.45) is 0. The van der Waals surface area contributed by atoms with Crippen molar-refractivity contribution in [2.24, 2.45) is 7.05 Å². The van der Waals surface area contributed by atoms with E-state index in [0.717, 1.165) is 5.56 Å². The molecule has 0 atom stereocenters. The minimum Gasteiger partial charge on any atom is -0.336 e. The van der Waals surface area contributed by atoms with E-state index in [1.54, 1.807) is 29.9 Å². The van der Waals surface area contributed by atoms with Crippen molar-refractivity contribution in [1.82, 2.24) is 30.0 Å². The van der Waals surface area contributed by atoms with E-state index in [9.17, 15) is 9.18 Å². The molecule has 2 aromatic carbocycles. The van der Waals surface area contributed by atoms with E-state index in [2.05, 4.69) is 20.4 Å². The van der Waals surface area contributed by atoms with Gasteiger partial charge in [0.1, 0.15) is 5.82 Å². The standard InChI is InChI=1S/C20H21FN6O/c1-25-19(22-23-24-25)15-6-4-7-16(13-15)20(28)27-11-9-26(10-12-27)14-17-5-2-3-8-18(17)21/h2-8,13H,9-12,14H2,1H3. The Kier molecular flexibility index (Phi) is 5.12. The Morgan fingerprint density at radius 2 is 1.86 bits per heavy atom. The largest absolute Gasteiger partial charge is 0.336 e. The lowest BCUT2D eigenvalue weighted by Gasteiger charge is -2.34. The highest BCUT2D eigenvalue weighted by atomic mass is 19.1. The van der Waals surface area contributed by atoms with E-state index < -0.39 is 0 Å². The summed E-state index contributed by atoms with van der Waals surface area (Å²) in [5.74, 6) is 0.419. The first-order chi connectivity index (χ1) is 13.6. The van der Waals surface area contributed by atoms with Gasteiger partial charge >= 0.3 is 0 Å². The van der Waals surface area contributed by atoms with Crippen molar-refractivity contribution in [3.05, 3.63) is 65.5 Å². The van der Waals surface area contributed by atoms with Crippen LogP contribution >= 0.6 is 0 Å². The first kappa shape index (κ1) is 18.2. The van der Waals surface area contributed by atoms with Crippen LogP contribution in [-0.2, 0) is 13.6 Å². The fourth-order valence-electron chi connectivity index (χ4n) is 3.42. The minimum atomic E-state index is -0.184. The van der Waals surface area contributed by atoms with Gasteiger partial charge in [0.05, 0.1) is 0 Å². The van der Waals surface area contributed by atoms with Gasteiger partial charge in [-0.05, 0) is 28.6 Å². The van der Waals surface area contributed by atoms with Gasteiger partial charge in [-0.3, -0.25) is 9.69 Å². The van der Waals surface area contributed by atoms with Crippen molar-refractivity contribution < 1.29 is 9.18 Å². The molecule has 1 saturated heterocycles. The number of benzene rings is 2. The smallest absolute Gasteiger partial charge is 0.253 e. The lowest BCUT2D eigenvalue weighted by atomic mass is 10.1. The molecule has 0 radical (unpaired) electrons. The van der Waals surface area contributed by atoms with Gasteiger partial charge in [0.25, 0.3) is 5.91 Å². The first-order valence-electron chi connectivity index (χ1n) is 9.19. The summed E-state index contributed by atoms with van der Waals surface area (Å²) in [5.41, 5.74) is 2.10. The Balaban J connectivity index is 1.40. The number of hydrogen-bond acceptors (Lipinski definition) is 5. The Morgan fingerprint density at radius 1 is 1.07 bits per heavy atom. The van der Waals surface area contributed by atoms with Crippen molar-refractivity contribution in [3.8, 4) is 11.4 Å². The second kappa shape index (κ2) is 7.85. The van der Waals surface area contributed by atoms with E-state index in [1.807, 2.05) is 29.2 Å². The molecule has 0 aliphatic carbocycles. The van der Waals surface area contributed by atoms with Crippen molar-refractivity contribution in [1.29, 1.82) is 0 Å². The number of carbonyl (C=O) groups excluding carboxylic acids is 1. The summed E-state index contributed by atoms with van der Waals surface area (Å²) in [6, 6.07) is 14.2. The molecule has 1 fully saturated rings. The van der Waals surface area contributed by atoms with E-state index in [4.69, 9.17) is 0 Å². The second-order valence-electron chi connectivity index (χ2n) is 6.87. The summed E-state index contributed by atoms with van der Waals surface area (Å²) >= 11 is 0. The maximum atomic E-state index is 13.8. The highest BCUT2D eigenvalue weighted by Crippen LogP contribution is 2.19. The average Bonchev–Trinajstić information content (AvgIpc) is 3.16. The number of tetrazole rings is 1. The SMILES string of the molecule is Cn1nnnc1-c1cccc(C(=O)N2CCN(Cc3ccccc3F)CC2)c1. The lowest BCUT2D eigenvalue weighted by Crippen LogP contribution is -2.48. The molecule has 144 valence electrons. The fraction of sp³-hybridized carbons (Fsp3) is 0.300. The summed E-state index contributed by atoms with van der Waals surface area (Å²) in [7, 11) is 1.76. The number of amides is 1. The molecule has 0 bridgehead atoms. The molecular formula is C20H21FN6O. The number of hydrogen-bond donors (Lipinski definition) is 0. The highest BCUT2D eigenvalue weighted by molar-refractivity contribution is 5.95. The van der Waals surface area contributed by atoms with Gasteiger partial charge in [-0.1, -0.05) is 30.3 Å².